The highest BCUT2D eigenvalue weighted by Gasteiger charge is 2.46. The predicted molar refractivity (Wildman–Crippen MR) is 103 cm³/mol. The van der Waals surface area contributed by atoms with Crippen LogP contribution in [0.3, 0.4) is 0 Å². The molecule has 0 radical (unpaired) electrons. The lowest BCUT2D eigenvalue weighted by Crippen LogP contribution is -2.51. The Morgan fingerprint density at radius 1 is 1.11 bits per heavy atom. The van der Waals surface area contributed by atoms with Gasteiger partial charge in [-0.2, -0.15) is 0 Å². The van der Waals surface area contributed by atoms with Gasteiger partial charge in [-0.05, 0) is 64.3 Å². The Hall–Kier alpha value is -2.70. The van der Waals surface area contributed by atoms with E-state index in [0.29, 0.717) is 43.5 Å². The summed E-state index contributed by atoms with van der Waals surface area (Å²) >= 11 is 0. The highest BCUT2D eigenvalue weighted by atomic mass is 16.6. The zero-order valence-electron chi connectivity index (χ0n) is 16.5. The van der Waals surface area contributed by atoms with Gasteiger partial charge in [0.25, 0.3) is 0 Å². The van der Waals surface area contributed by atoms with Crippen molar-refractivity contribution in [3.63, 3.8) is 0 Å². The van der Waals surface area contributed by atoms with Crippen molar-refractivity contribution in [2.75, 3.05) is 11.4 Å². The van der Waals surface area contributed by atoms with E-state index in [9.17, 15) is 19.2 Å². The first-order valence-corrected chi connectivity index (χ1v) is 9.58. The van der Waals surface area contributed by atoms with Crippen molar-refractivity contribution in [2.24, 2.45) is 5.41 Å². The lowest BCUT2D eigenvalue weighted by Gasteiger charge is -2.39. The Morgan fingerprint density at radius 2 is 1.79 bits per heavy atom. The molecule has 2 aliphatic heterocycles. The number of anilines is 1. The van der Waals surface area contributed by atoms with Crippen LogP contribution < -0.4 is 10.2 Å². The third-order valence-electron chi connectivity index (χ3n) is 5.21. The second kappa shape index (κ2) is 7.37. The maximum absolute atomic E-state index is 12.8. The fourth-order valence-electron chi connectivity index (χ4n) is 3.74. The molecule has 1 spiro atoms. The molecule has 0 aromatic heterocycles. The molecule has 7 nitrogen and oxygen atoms in total. The van der Waals surface area contributed by atoms with E-state index in [1.807, 2.05) is 0 Å². The van der Waals surface area contributed by atoms with Gasteiger partial charge in [0, 0.05) is 25.1 Å². The molecule has 2 aliphatic rings. The lowest BCUT2D eigenvalue weighted by molar-refractivity contribution is -0.140. The third kappa shape index (κ3) is 4.24. The summed E-state index contributed by atoms with van der Waals surface area (Å²) < 4.78 is 5.35. The van der Waals surface area contributed by atoms with Gasteiger partial charge in [-0.15, -0.1) is 0 Å². The van der Waals surface area contributed by atoms with Gasteiger partial charge < -0.3 is 9.64 Å². The van der Waals surface area contributed by atoms with E-state index >= 15 is 0 Å². The SMILES string of the molecule is CC(C)(C)OC(=O)c1ccc(N2CC[C@@]3(CCCC(=O)NC3=O)CC2=O)cc1. The van der Waals surface area contributed by atoms with E-state index in [4.69, 9.17) is 4.74 Å². The number of rotatable bonds is 2. The largest absolute Gasteiger partial charge is 0.456 e. The van der Waals surface area contributed by atoms with Gasteiger partial charge in [0.05, 0.1) is 11.0 Å². The molecule has 0 unspecified atom stereocenters. The zero-order valence-corrected chi connectivity index (χ0v) is 16.5. The minimum atomic E-state index is -0.795. The first-order chi connectivity index (χ1) is 13.1. The number of amides is 3. The maximum Gasteiger partial charge on any atom is 0.338 e. The van der Waals surface area contributed by atoms with Crippen molar-refractivity contribution < 1.29 is 23.9 Å². The Labute approximate surface area is 164 Å². The van der Waals surface area contributed by atoms with E-state index in [-0.39, 0.29) is 24.1 Å². The number of nitrogens with zero attached hydrogens (tertiary/aromatic N) is 1. The summed E-state index contributed by atoms with van der Waals surface area (Å²) in [6.07, 6.45) is 2.06. The van der Waals surface area contributed by atoms with E-state index in [2.05, 4.69) is 5.32 Å². The molecule has 150 valence electrons. The van der Waals surface area contributed by atoms with Crippen LogP contribution in [0.5, 0.6) is 0 Å². The van der Waals surface area contributed by atoms with Gasteiger partial charge in [-0.3, -0.25) is 19.7 Å². The summed E-state index contributed by atoms with van der Waals surface area (Å²) in [6.45, 7) is 5.81. The molecule has 3 amide bonds. The van der Waals surface area contributed by atoms with Gasteiger partial charge >= 0.3 is 5.97 Å². The average Bonchev–Trinajstić information content (AvgIpc) is 2.72. The van der Waals surface area contributed by atoms with Crippen molar-refractivity contribution in [1.82, 2.24) is 5.32 Å². The molecule has 1 aromatic carbocycles. The van der Waals surface area contributed by atoms with E-state index in [1.165, 1.54) is 0 Å². The highest BCUT2D eigenvalue weighted by Crippen LogP contribution is 2.40. The number of benzene rings is 1. The topological polar surface area (TPSA) is 92.8 Å². The second-order valence-electron chi connectivity index (χ2n) is 8.53. The number of carbonyl (C=O) groups is 4. The number of ether oxygens (including phenoxy) is 1. The van der Waals surface area contributed by atoms with Gasteiger partial charge in [0.1, 0.15) is 5.60 Å². The zero-order chi connectivity index (χ0) is 20.5. The van der Waals surface area contributed by atoms with Crippen molar-refractivity contribution in [2.45, 2.75) is 58.5 Å². The summed E-state index contributed by atoms with van der Waals surface area (Å²) in [4.78, 5) is 50.6. The van der Waals surface area contributed by atoms with Crippen LogP contribution in [0.2, 0.25) is 0 Å². The number of hydrogen-bond donors (Lipinski definition) is 1. The monoisotopic (exact) mass is 386 g/mol. The quantitative estimate of drug-likeness (QED) is 0.623. The number of carbonyl (C=O) groups excluding carboxylic acids is 4. The summed E-state index contributed by atoms with van der Waals surface area (Å²) in [6, 6.07) is 6.70. The van der Waals surface area contributed by atoms with Crippen LogP contribution in [0.15, 0.2) is 24.3 Å². The van der Waals surface area contributed by atoms with Crippen molar-refractivity contribution in [1.29, 1.82) is 0 Å². The van der Waals surface area contributed by atoms with Crippen LogP contribution in [0.1, 0.15) is 63.2 Å². The summed E-state index contributed by atoms with van der Waals surface area (Å²) in [7, 11) is 0. The van der Waals surface area contributed by atoms with E-state index in [0.717, 1.165) is 0 Å². The molecular weight excluding hydrogens is 360 g/mol. The molecule has 0 bridgehead atoms. The Kier molecular flexibility index (Phi) is 5.28. The number of piperidine rings is 1. The van der Waals surface area contributed by atoms with Gasteiger partial charge in [0.2, 0.25) is 17.7 Å². The van der Waals surface area contributed by atoms with Crippen molar-refractivity contribution >= 4 is 29.4 Å². The number of nitrogens with one attached hydrogen (secondary N) is 1. The first kappa shape index (κ1) is 20.0. The lowest BCUT2D eigenvalue weighted by atomic mass is 9.74. The van der Waals surface area contributed by atoms with Gasteiger partial charge in [0.15, 0.2) is 0 Å². The molecule has 0 saturated carbocycles. The minimum absolute atomic E-state index is 0.0833. The minimum Gasteiger partial charge on any atom is -0.456 e. The van der Waals surface area contributed by atoms with Crippen LogP contribution in [0, 0.1) is 5.41 Å². The second-order valence-corrected chi connectivity index (χ2v) is 8.53. The first-order valence-electron chi connectivity index (χ1n) is 9.58. The Morgan fingerprint density at radius 3 is 2.39 bits per heavy atom. The molecule has 2 saturated heterocycles. The molecule has 2 heterocycles. The molecule has 0 aliphatic carbocycles. The van der Waals surface area contributed by atoms with Gasteiger partial charge in [-0.25, -0.2) is 4.79 Å². The number of hydrogen-bond acceptors (Lipinski definition) is 5. The van der Waals surface area contributed by atoms with Crippen LogP contribution >= 0.6 is 0 Å². The molecule has 28 heavy (non-hydrogen) atoms. The highest BCUT2D eigenvalue weighted by molar-refractivity contribution is 6.04. The molecule has 1 N–H and O–H groups in total. The summed E-state index contributed by atoms with van der Waals surface area (Å²) in [5.41, 5.74) is -0.275. The van der Waals surface area contributed by atoms with Crippen LogP contribution in [-0.4, -0.2) is 35.8 Å². The maximum atomic E-state index is 12.8. The molecule has 2 fully saturated rings. The number of imide groups is 1. The summed E-state index contributed by atoms with van der Waals surface area (Å²) in [5.74, 6) is -1.17. The van der Waals surface area contributed by atoms with Crippen LogP contribution in [0.25, 0.3) is 0 Å². The third-order valence-corrected chi connectivity index (χ3v) is 5.21. The molecular formula is C21H26N2O5. The standard InChI is InChI=1S/C21H26N2O5/c1-20(2,3)28-18(26)14-6-8-15(9-7-14)23-12-11-21(13-17(23)25)10-4-5-16(24)22-19(21)27/h6-9H,4-5,10-13H2,1-3H3,(H,22,24,27)/t21-/m0/s1. The van der Waals surface area contributed by atoms with Crippen molar-refractivity contribution in [3.05, 3.63) is 29.8 Å². The molecule has 3 rings (SSSR count). The fourth-order valence-corrected chi connectivity index (χ4v) is 3.74. The summed E-state index contributed by atoms with van der Waals surface area (Å²) in [5, 5.41) is 2.42. The van der Waals surface area contributed by atoms with Crippen LogP contribution in [-0.2, 0) is 19.1 Å². The smallest absolute Gasteiger partial charge is 0.338 e. The Bertz CT molecular complexity index is 809. The number of esters is 1. The van der Waals surface area contributed by atoms with E-state index in [1.54, 1.807) is 49.9 Å². The Balaban J connectivity index is 1.71. The van der Waals surface area contributed by atoms with Crippen LogP contribution in [0.4, 0.5) is 5.69 Å². The molecule has 7 heteroatoms. The average molecular weight is 386 g/mol. The molecule has 1 aromatic rings. The predicted octanol–water partition coefficient (Wildman–Crippen LogP) is 2.58. The molecule has 1 atom stereocenters. The van der Waals surface area contributed by atoms with Gasteiger partial charge in [-0.1, -0.05) is 0 Å². The fraction of sp³-hybridized carbons (Fsp3) is 0.524. The normalized spacial score (nSPS) is 23.4. The van der Waals surface area contributed by atoms with Crippen molar-refractivity contribution in [3.8, 4) is 0 Å². The van der Waals surface area contributed by atoms with E-state index < -0.39 is 17.0 Å².